The van der Waals surface area contributed by atoms with E-state index in [-0.39, 0.29) is 22.7 Å². The Morgan fingerprint density at radius 1 is 0.905 bits per heavy atom. The van der Waals surface area contributed by atoms with Crippen LogP contribution >= 0.6 is 0 Å². The second-order valence-electron chi connectivity index (χ2n) is 4.22. The topological polar surface area (TPSA) is 44.8 Å². The maximum Gasteiger partial charge on any atom is 0.200 e. The summed E-state index contributed by atoms with van der Waals surface area (Å²) in [6, 6.07) is 9.04. The number of carbonyl (C=O) groups is 1. The van der Waals surface area contributed by atoms with Crippen LogP contribution in [0, 0.1) is 5.82 Å². The summed E-state index contributed by atoms with van der Waals surface area (Å²) in [5.41, 5.74) is 0.447. The van der Waals surface area contributed by atoms with Gasteiger partial charge in [-0.05, 0) is 30.3 Å². The van der Waals surface area contributed by atoms with Crippen LogP contribution in [0.25, 0.3) is 0 Å². The van der Waals surface area contributed by atoms with E-state index in [4.69, 9.17) is 14.2 Å². The van der Waals surface area contributed by atoms with Crippen LogP contribution in [0.4, 0.5) is 4.39 Å². The van der Waals surface area contributed by atoms with Gasteiger partial charge in [0.1, 0.15) is 17.1 Å². The van der Waals surface area contributed by atoms with E-state index in [1.54, 1.807) is 18.2 Å². The van der Waals surface area contributed by atoms with E-state index in [0.29, 0.717) is 11.5 Å². The molecule has 4 nitrogen and oxygen atoms in total. The molecule has 0 atom stereocenters. The van der Waals surface area contributed by atoms with E-state index in [9.17, 15) is 9.18 Å². The molecule has 2 rings (SSSR count). The van der Waals surface area contributed by atoms with Crippen LogP contribution in [0.1, 0.15) is 15.9 Å². The first-order valence-corrected chi connectivity index (χ1v) is 6.21. The number of halogens is 1. The number of carbonyl (C=O) groups excluding carboxylic acids is 1. The molecule has 0 N–H and O–H groups in total. The third kappa shape index (κ3) is 2.81. The average molecular weight is 290 g/mol. The lowest BCUT2D eigenvalue weighted by Crippen LogP contribution is -2.07. The molecule has 2 aromatic rings. The van der Waals surface area contributed by atoms with Crippen molar-refractivity contribution in [1.29, 1.82) is 0 Å². The Bertz CT molecular complexity index is 645. The van der Waals surface area contributed by atoms with Crippen LogP contribution in [0.5, 0.6) is 17.2 Å². The highest BCUT2D eigenvalue weighted by molar-refractivity contribution is 6.12. The van der Waals surface area contributed by atoms with E-state index < -0.39 is 5.82 Å². The summed E-state index contributed by atoms with van der Waals surface area (Å²) in [5, 5.41) is 0. The standard InChI is InChI=1S/C16H15FO4/c1-19-12-8-7-10(9-11(12)17)16(18)15-13(20-2)5-4-6-14(15)21-3/h4-9H,1-3H3. The van der Waals surface area contributed by atoms with E-state index in [1.165, 1.54) is 33.5 Å². The van der Waals surface area contributed by atoms with Gasteiger partial charge >= 0.3 is 0 Å². The molecular weight excluding hydrogens is 275 g/mol. The highest BCUT2D eigenvalue weighted by atomic mass is 19.1. The van der Waals surface area contributed by atoms with Gasteiger partial charge in [0, 0.05) is 5.56 Å². The minimum Gasteiger partial charge on any atom is -0.496 e. The first-order chi connectivity index (χ1) is 10.1. The number of hydrogen-bond donors (Lipinski definition) is 0. The first-order valence-electron chi connectivity index (χ1n) is 6.21. The molecule has 110 valence electrons. The number of rotatable bonds is 5. The maximum atomic E-state index is 13.8. The van der Waals surface area contributed by atoms with Crippen molar-refractivity contribution in [3.8, 4) is 17.2 Å². The summed E-state index contributed by atoms with van der Waals surface area (Å²) >= 11 is 0. The van der Waals surface area contributed by atoms with Crippen molar-refractivity contribution in [2.24, 2.45) is 0 Å². The largest absolute Gasteiger partial charge is 0.496 e. The molecule has 0 amide bonds. The van der Waals surface area contributed by atoms with Gasteiger partial charge in [-0.3, -0.25) is 4.79 Å². The highest BCUT2D eigenvalue weighted by Crippen LogP contribution is 2.31. The van der Waals surface area contributed by atoms with Crippen LogP contribution in [0.15, 0.2) is 36.4 Å². The number of ketones is 1. The van der Waals surface area contributed by atoms with Crippen molar-refractivity contribution in [1.82, 2.24) is 0 Å². The fourth-order valence-corrected chi connectivity index (χ4v) is 2.03. The Hall–Kier alpha value is -2.56. The van der Waals surface area contributed by atoms with Gasteiger partial charge in [-0.2, -0.15) is 0 Å². The molecule has 0 aliphatic heterocycles. The molecule has 0 unspecified atom stereocenters. The quantitative estimate of drug-likeness (QED) is 0.794. The lowest BCUT2D eigenvalue weighted by Gasteiger charge is -2.12. The Labute approximate surface area is 122 Å². The van der Waals surface area contributed by atoms with E-state index >= 15 is 0 Å². The summed E-state index contributed by atoms with van der Waals surface area (Å²) in [7, 11) is 4.28. The molecule has 0 aliphatic rings. The normalized spacial score (nSPS) is 10.1. The van der Waals surface area contributed by atoms with Gasteiger partial charge in [0.05, 0.1) is 21.3 Å². The van der Waals surface area contributed by atoms with Crippen molar-refractivity contribution >= 4 is 5.78 Å². The zero-order valence-corrected chi connectivity index (χ0v) is 12.0. The smallest absolute Gasteiger partial charge is 0.200 e. The van der Waals surface area contributed by atoms with E-state index in [2.05, 4.69) is 0 Å². The maximum absolute atomic E-state index is 13.8. The fourth-order valence-electron chi connectivity index (χ4n) is 2.03. The first kappa shape index (κ1) is 14.8. The van der Waals surface area contributed by atoms with Crippen LogP contribution in [-0.4, -0.2) is 27.1 Å². The van der Waals surface area contributed by atoms with E-state index in [1.807, 2.05) is 0 Å². The minimum absolute atomic E-state index is 0.0820. The molecular formula is C16H15FO4. The van der Waals surface area contributed by atoms with Crippen LogP contribution < -0.4 is 14.2 Å². The van der Waals surface area contributed by atoms with Gasteiger partial charge in [0.25, 0.3) is 0 Å². The van der Waals surface area contributed by atoms with Crippen molar-refractivity contribution in [2.75, 3.05) is 21.3 Å². The van der Waals surface area contributed by atoms with Crippen LogP contribution in [-0.2, 0) is 0 Å². The molecule has 0 heterocycles. The second-order valence-corrected chi connectivity index (χ2v) is 4.22. The van der Waals surface area contributed by atoms with Crippen molar-refractivity contribution in [2.45, 2.75) is 0 Å². The van der Waals surface area contributed by atoms with Crippen LogP contribution in [0.2, 0.25) is 0 Å². The molecule has 0 spiro atoms. The van der Waals surface area contributed by atoms with Gasteiger partial charge in [0.15, 0.2) is 11.6 Å². The van der Waals surface area contributed by atoms with E-state index in [0.717, 1.165) is 6.07 Å². The lowest BCUT2D eigenvalue weighted by molar-refractivity contribution is 0.103. The Kier molecular flexibility index (Phi) is 4.42. The number of benzene rings is 2. The predicted octanol–water partition coefficient (Wildman–Crippen LogP) is 3.08. The monoisotopic (exact) mass is 290 g/mol. The lowest BCUT2D eigenvalue weighted by atomic mass is 10.0. The van der Waals surface area contributed by atoms with Gasteiger partial charge in [0.2, 0.25) is 5.78 Å². The van der Waals surface area contributed by atoms with Gasteiger partial charge < -0.3 is 14.2 Å². The molecule has 0 saturated heterocycles. The predicted molar refractivity (Wildman–Crippen MR) is 75.9 cm³/mol. The van der Waals surface area contributed by atoms with Gasteiger partial charge in [-0.1, -0.05) is 6.07 Å². The number of methoxy groups -OCH3 is 3. The summed E-state index contributed by atoms with van der Waals surface area (Å²) in [5.74, 6) is -0.159. The summed E-state index contributed by atoms with van der Waals surface area (Å²) < 4.78 is 29.0. The minimum atomic E-state index is -0.600. The fraction of sp³-hybridized carbons (Fsp3) is 0.188. The summed E-state index contributed by atoms with van der Waals surface area (Å²) in [6.07, 6.45) is 0. The molecule has 0 saturated carbocycles. The van der Waals surface area contributed by atoms with Gasteiger partial charge in [-0.25, -0.2) is 4.39 Å². The van der Waals surface area contributed by atoms with Crippen molar-refractivity contribution < 1.29 is 23.4 Å². The molecule has 0 aliphatic carbocycles. The Morgan fingerprint density at radius 3 is 1.95 bits per heavy atom. The molecule has 21 heavy (non-hydrogen) atoms. The third-order valence-corrected chi connectivity index (χ3v) is 3.07. The van der Waals surface area contributed by atoms with Crippen molar-refractivity contribution in [3.63, 3.8) is 0 Å². The van der Waals surface area contributed by atoms with Gasteiger partial charge in [-0.15, -0.1) is 0 Å². The second kappa shape index (κ2) is 6.26. The molecule has 5 heteroatoms. The zero-order valence-electron chi connectivity index (χ0n) is 12.0. The molecule has 0 radical (unpaired) electrons. The Balaban J connectivity index is 2.52. The molecule has 0 aromatic heterocycles. The zero-order chi connectivity index (χ0) is 15.4. The summed E-state index contributed by atoms with van der Waals surface area (Å²) in [6.45, 7) is 0. The SMILES string of the molecule is COc1ccc(C(=O)c2c(OC)cccc2OC)cc1F. The van der Waals surface area contributed by atoms with Crippen molar-refractivity contribution in [3.05, 3.63) is 53.3 Å². The third-order valence-electron chi connectivity index (χ3n) is 3.07. The van der Waals surface area contributed by atoms with Crippen LogP contribution in [0.3, 0.4) is 0 Å². The Morgan fingerprint density at radius 2 is 1.48 bits per heavy atom. The highest BCUT2D eigenvalue weighted by Gasteiger charge is 2.20. The summed E-state index contributed by atoms with van der Waals surface area (Å²) in [4.78, 5) is 12.6. The molecule has 0 bridgehead atoms. The number of hydrogen-bond acceptors (Lipinski definition) is 4. The molecule has 0 fully saturated rings. The number of ether oxygens (including phenoxy) is 3. The molecule has 2 aromatic carbocycles. The average Bonchev–Trinajstić information content (AvgIpc) is 2.53.